The Kier molecular flexibility index (Phi) is 5.59. The van der Waals surface area contributed by atoms with Gasteiger partial charge in [-0.2, -0.15) is 0 Å². The molecule has 0 bridgehead atoms. The first-order valence-corrected chi connectivity index (χ1v) is 5.35. The molecule has 1 rings (SSSR count). The predicted molar refractivity (Wildman–Crippen MR) is 61.1 cm³/mol. The molecule has 0 saturated heterocycles. The molecule has 2 N–H and O–H groups in total. The van der Waals surface area contributed by atoms with E-state index in [9.17, 15) is 9.18 Å². The van der Waals surface area contributed by atoms with Crippen LogP contribution in [0.25, 0.3) is 0 Å². The number of amides is 1. The number of hydrogen-bond donors (Lipinski definition) is 2. The van der Waals surface area contributed by atoms with Crippen molar-refractivity contribution in [2.75, 3.05) is 20.3 Å². The molecule has 1 aromatic carbocycles. The first kappa shape index (κ1) is 13.6. The summed E-state index contributed by atoms with van der Waals surface area (Å²) in [4.78, 5) is 11.6. The molecule has 0 heterocycles. The van der Waals surface area contributed by atoms with Gasteiger partial charge in [0.1, 0.15) is 5.82 Å². The zero-order valence-corrected chi connectivity index (χ0v) is 9.70. The van der Waals surface area contributed by atoms with Crippen LogP contribution in [-0.4, -0.2) is 31.3 Å². The van der Waals surface area contributed by atoms with Crippen molar-refractivity contribution >= 4 is 5.91 Å². The van der Waals surface area contributed by atoms with Gasteiger partial charge in [-0.1, -0.05) is 0 Å². The second kappa shape index (κ2) is 6.98. The normalized spacial score (nSPS) is 10.3. The molecule has 0 spiro atoms. The second-order valence-corrected chi connectivity index (χ2v) is 3.57. The van der Waals surface area contributed by atoms with Gasteiger partial charge in [0.2, 0.25) is 0 Å². The van der Waals surface area contributed by atoms with Gasteiger partial charge in [0, 0.05) is 31.4 Å². The lowest BCUT2D eigenvalue weighted by atomic mass is 10.1. The maximum absolute atomic E-state index is 13.3. The van der Waals surface area contributed by atoms with Gasteiger partial charge in [0.05, 0.1) is 6.61 Å². The molecule has 0 aromatic heterocycles. The average molecular weight is 241 g/mol. The number of nitrogens with one attached hydrogen (secondary N) is 1. The summed E-state index contributed by atoms with van der Waals surface area (Å²) < 4.78 is 18.1. The molecule has 0 aliphatic rings. The minimum absolute atomic E-state index is 0.0264. The van der Waals surface area contributed by atoms with Crippen LogP contribution in [0.4, 0.5) is 4.39 Å². The molecule has 0 radical (unpaired) electrons. The van der Waals surface area contributed by atoms with Gasteiger partial charge in [-0.25, -0.2) is 4.39 Å². The summed E-state index contributed by atoms with van der Waals surface area (Å²) >= 11 is 0. The van der Waals surface area contributed by atoms with E-state index in [2.05, 4.69) is 5.32 Å². The van der Waals surface area contributed by atoms with Crippen LogP contribution in [0, 0.1) is 5.82 Å². The molecule has 4 nitrogen and oxygen atoms in total. The van der Waals surface area contributed by atoms with Gasteiger partial charge in [-0.15, -0.1) is 0 Å². The van der Waals surface area contributed by atoms with E-state index in [1.54, 1.807) is 0 Å². The Balaban J connectivity index is 2.70. The van der Waals surface area contributed by atoms with E-state index in [-0.39, 0.29) is 19.1 Å². The molecule has 0 saturated carbocycles. The molecule has 17 heavy (non-hydrogen) atoms. The topological polar surface area (TPSA) is 58.6 Å². The van der Waals surface area contributed by atoms with E-state index in [0.717, 1.165) is 0 Å². The van der Waals surface area contributed by atoms with Crippen molar-refractivity contribution in [3.8, 4) is 0 Å². The van der Waals surface area contributed by atoms with Crippen molar-refractivity contribution in [3.05, 3.63) is 35.1 Å². The van der Waals surface area contributed by atoms with Crippen molar-refractivity contribution in [1.29, 1.82) is 0 Å². The van der Waals surface area contributed by atoms with Gasteiger partial charge in [0.15, 0.2) is 0 Å². The van der Waals surface area contributed by atoms with Gasteiger partial charge in [-0.3, -0.25) is 4.79 Å². The number of carbonyl (C=O) groups excluding carboxylic acids is 1. The number of aliphatic hydroxyl groups is 1. The van der Waals surface area contributed by atoms with Crippen LogP contribution < -0.4 is 5.32 Å². The number of benzene rings is 1. The van der Waals surface area contributed by atoms with Gasteiger partial charge in [0.25, 0.3) is 5.91 Å². The fourth-order valence-electron chi connectivity index (χ4n) is 1.37. The van der Waals surface area contributed by atoms with Crippen molar-refractivity contribution in [2.45, 2.75) is 13.0 Å². The lowest BCUT2D eigenvalue weighted by molar-refractivity contribution is 0.0950. The third kappa shape index (κ3) is 4.13. The van der Waals surface area contributed by atoms with Gasteiger partial charge < -0.3 is 15.2 Å². The molecular formula is C12H16FNO3. The van der Waals surface area contributed by atoms with E-state index in [0.29, 0.717) is 24.1 Å². The van der Waals surface area contributed by atoms with Crippen molar-refractivity contribution in [3.63, 3.8) is 0 Å². The van der Waals surface area contributed by atoms with E-state index >= 15 is 0 Å². The van der Waals surface area contributed by atoms with Crippen LogP contribution >= 0.6 is 0 Å². The van der Waals surface area contributed by atoms with Crippen molar-refractivity contribution < 1.29 is 19.0 Å². The summed E-state index contributed by atoms with van der Waals surface area (Å²) in [5, 5.41) is 11.2. The third-order valence-corrected chi connectivity index (χ3v) is 2.23. The number of hydrogen-bond acceptors (Lipinski definition) is 3. The SMILES string of the molecule is COCc1cc(C(=O)NCCCO)ccc1F. The summed E-state index contributed by atoms with van der Waals surface area (Å²) in [5.41, 5.74) is 0.735. The molecule has 1 amide bonds. The number of methoxy groups -OCH3 is 1. The van der Waals surface area contributed by atoms with Crippen LogP contribution in [0.15, 0.2) is 18.2 Å². The Labute approximate surface area is 99.4 Å². The number of halogens is 1. The Hall–Kier alpha value is -1.46. The fraction of sp³-hybridized carbons (Fsp3) is 0.417. The minimum atomic E-state index is -0.390. The second-order valence-electron chi connectivity index (χ2n) is 3.57. The Morgan fingerprint density at radius 3 is 2.94 bits per heavy atom. The number of aliphatic hydroxyl groups excluding tert-OH is 1. The standard InChI is InChI=1S/C12H16FNO3/c1-17-8-10-7-9(3-4-11(10)13)12(16)14-5-2-6-15/h3-4,7,15H,2,5-6,8H2,1H3,(H,14,16). The molecule has 0 aliphatic heterocycles. The van der Waals surface area contributed by atoms with E-state index in [1.807, 2.05) is 0 Å². The third-order valence-electron chi connectivity index (χ3n) is 2.23. The maximum Gasteiger partial charge on any atom is 0.251 e. The summed E-state index contributed by atoms with van der Waals surface area (Å²) in [6.07, 6.45) is 0.498. The number of rotatable bonds is 6. The first-order chi connectivity index (χ1) is 8.19. The molecule has 0 fully saturated rings. The largest absolute Gasteiger partial charge is 0.396 e. The molecule has 0 unspecified atom stereocenters. The molecule has 0 aliphatic carbocycles. The summed E-state index contributed by atoms with van der Waals surface area (Å²) in [5.74, 6) is -0.672. The summed E-state index contributed by atoms with van der Waals surface area (Å²) in [6, 6.07) is 4.13. The highest BCUT2D eigenvalue weighted by molar-refractivity contribution is 5.94. The van der Waals surface area contributed by atoms with Crippen LogP contribution in [-0.2, 0) is 11.3 Å². The molecule has 94 valence electrons. The average Bonchev–Trinajstić information content (AvgIpc) is 2.32. The van der Waals surface area contributed by atoms with Crippen molar-refractivity contribution in [2.24, 2.45) is 0 Å². The zero-order valence-electron chi connectivity index (χ0n) is 9.70. The van der Waals surface area contributed by atoms with E-state index < -0.39 is 5.82 Å². The highest BCUT2D eigenvalue weighted by Gasteiger charge is 2.09. The van der Waals surface area contributed by atoms with Crippen LogP contribution in [0.1, 0.15) is 22.3 Å². The van der Waals surface area contributed by atoms with E-state index in [1.165, 1.54) is 25.3 Å². The Bertz CT molecular complexity index is 382. The lowest BCUT2D eigenvalue weighted by Crippen LogP contribution is -2.25. The smallest absolute Gasteiger partial charge is 0.251 e. The zero-order chi connectivity index (χ0) is 12.7. The highest BCUT2D eigenvalue weighted by atomic mass is 19.1. The van der Waals surface area contributed by atoms with Gasteiger partial charge in [-0.05, 0) is 24.6 Å². The number of carbonyl (C=O) groups is 1. The number of ether oxygens (including phenoxy) is 1. The fourth-order valence-corrected chi connectivity index (χ4v) is 1.37. The minimum Gasteiger partial charge on any atom is -0.396 e. The molecule has 1 aromatic rings. The van der Waals surface area contributed by atoms with Crippen LogP contribution in [0.3, 0.4) is 0 Å². The summed E-state index contributed by atoms with van der Waals surface area (Å²) in [6.45, 7) is 0.550. The quantitative estimate of drug-likeness (QED) is 0.733. The predicted octanol–water partition coefficient (Wildman–Crippen LogP) is 1.08. The van der Waals surface area contributed by atoms with Gasteiger partial charge >= 0.3 is 0 Å². The Morgan fingerprint density at radius 1 is 1.53 bits per heavy atom. The monoisotopic (exact) mass is 241 g/mol. The van der Waals surface area contributed by atoms with Crippen molar-refractivity contribution in [1.82, 2.24) is 5.32 Å². The highest BCUT2D eigenvalue weighted by Crippen LogP contribution is 2.11. The molecule has 5 heteroatoms. The molecule has 0 atom stereocenters. The van der Waals surface area contributed by atoms with Crippen LogP contribution in [0.5, 0.6) is 0 Å². The lowest BCUT2D eigenvalue weighted by Gasteiger charge is -2.07. The van der Waals surface area contributed by atoms with Crippen LogP contribution in [0.2, 0.25) is 0 Å². The summed E-state index contributed by atoms with van der Waals surface area (Å²) in [7, 11) is 1.47. The molecular weight excluding hydrogens is 225 g/mol. The Morgan fingerprint density at radius 2 is 2.29 bits per heavy atom. The maximum atomic E-state index is 13.3. The first-order valence-electron chi connectivity index (χ1n) is 5.35. The van der Waals surface area contributed by atoms with E-state index in [4.69, 9.17) is 9.84 Å².